The van der Waals surface area contributed by atoms with Gasteiger partial charge < -0.3 is 10.1 Å². The van der Waals surface area contributed by atoms with Gasteiger partial charge in [-0.3, -0.25) is 0 Å². The number of rotatable bonds is 5. The molecule has 0 aliphatic rings. The van der Waals surface area contributed by atoms with E-state index < -0.39 is 42.3 Å². The molecule has 0 aliphatic heterocycles. The summed E-state index contributed by atoms with van der Waals surface area (Å²) in [6, 6.07) is 6.58. The van der Waals surface area contributed by atoms with Gasteiger partial charge in [-0.25, -0.2) is 4.39 Å². The quantitative estimate of drug-likeness (QED) is 0.465. The van der Waals surface area contributed by atoms with Crippen LogP contribution >= 0.6 is 11.6 Å². The predicted molar refractivity (Wildman–Crippen MR) is 96.5 cm³/mol. The highest BCUT2D eigenvalue weighted by atomic mass is 35.5. The second kappa shape index (κ2) is 8.53. The standard InChI is InChI=1S/C18H10ClF7N4O/c19-12-5-4-9(6-13(12)20)14-28-15(30-16(29-14)31-8-17(21,22)23)27-11-3-1-2-10(7-11)18(24,25)26/h1-7H,8H2,(H,27,28,29,30). The van der Waals surface area contributed by atoms with E-state index in [2.05, 4.69) is 25.0 Å². The summed E-state index contributed by atoms with van der Waals surface area (Å²) in [6.07, 6.45) is -9.32. The van der Waals surface area contributed by atoms with Gasteiger partial charge in [0.25, 0.3) is 0 Å². The lowest BCUT2D eigenvalue weighted by molar-refractivity contribution is -0.154. The second-order valence-corrected chi connectivity index (χ2v) is 6.41. The van der Waals surface area contributed by atoms with Gasteiger partial charge in [-0.15, -0.1) is 0 Å². The third-order valence-electron chi connectivity index (χ3n) is 3.60. The lowest BCUT2D eigenvalue weighted by Crippen LogP contribution is -2.20. The molecule has 0 radical (unpaired) electrons. The first-order valence-corrected chi connectivity index (χ1v) is 8.64. The van der Waals surface area contributed by atoms with Crippen molar-refractivity contribution < 1.29 is 35.5 Å². The minimum atomic E-state index is -4.70. The summed E-state index contributed by atoms with van der Waals surface area (Å²) in [6.45, 7) is -1.73. The number of nitrogens with zero attached hydrogens (tertiary/aromatic N) is 3. The highest BCUT2D eigenvalue weighted by molar-refractivity contribution is 6.30. The summed E-state index contributed by atoms with van der Waals surface area (Å²) in [7, 11) is 0. The maximum absolute atomic E-state index is 13.8. The first-order chi connectivity index (χ1) is 14.4. The Balaban J connectivity index is 1.99. The van der Waals surface area contributed by atoms with E-state index in [0.29, 0.717) is 0 Å². The predicted octanol–water partition coefficient (Wildman–Crippen LogP) is 6.03. The van der Waals surface area contributed by atoms with E-state index in [1.165, 1.54) is 18.2 Å². The van der Waals surface area contributed by atoms with Gasteiger partial charge in [0.2, 0.25) is 5.95 Å². The Bertz CT molecular complexity index is 1090. The topological polar surface area (TPSA) is 59.9 Å². The van der Waals surface area contributed by atoms with Gasteiger partial charge in [0.1, 0.15) is 5.82 Å². The molecule has 31 heavy (non-hydrogen) atoms. The van der Waals surface area contributed by atoms with Crippen molar-refractivity contribution >= 4 is 23.2 Å². The van der Waals surface area contributed by atoms with Crippen molar-refractivity contribution in [2.45, 2.75) is 12.4 Å². The average molecular weight is 467 g/mol. The summed E-state index contributed by atoms with van der Waals surface area (Å²) < 4.78 is 94.4. The molecule has 0 fully saturated rings. The van der Waals surface area contributed by atoms with Crippen LogP contribution in [0.5, 0.6) is 6.01 Å². The van der Waals surface area contributed by atoms with Crippen LogP contribution in [-0.4, -0.2) is 27.7 Å². The van der Waals surface area contributed by atoms with Crippen LogP contribution in [0.3, 0.4) is 0 Å². The maximum Gasteiger partial charge on any atom is 0.422 e. The molecule has 0 atom stereocenters. The summed E-state index contributed by atoms with van der Waals surface area (Å²) in [5, 5.41) is 2.23. The molecule has 5 nitrogen and oxygen atoms in total. The molecular formula is C18H10ClF7N4O. The zero-order valence-corrected chi connectivity index (χ0v) is 15.8. The minimum absolute atomic E-state index is 0.0215. The van der Waals surface area contributed by atoms with Gasteiger partial charge in [-0.2, -0.15) is 41.3 Å². The molecule has 0 saturated heterocycles. The van der Waals surface area contributed by atoms with E-state index in [4.69, 9.17) is 11.6 Å². The van der Waals surface area contributed by atoms with Crippen LogP contribution in [0, 0.1) is 5.82 Å². The molecule has 164 valence electrons. The molecule has 0 unspecified atom stereocenters. The number of anilines is 2. The zero-order chi connectivity index (χ0) is 22.8. The number of ether oxygens (including phenoxy) is 1. The van der Waals surface area contributed by atoms with Crippen molar-refractivity contribution in [1.82, 2.24) is 15.0 Å². The number of benzene rings is 2. The number of halogens is 8. The fourth-order valence-corrected chi connectivity index (χ4v) is 2.41. The van der Waals surface area contributed by atoms with Gasteiger partial charge in [0.15, 0.2) is 12.4 Å². The van der Waals surface area contributed by atoms with Gasteiger partial charge >= 0.3 is 18.4 Å². The van der Waals surface area contributed by atoms with E-state index >= 15 is 0 Å². The smallest absolute Gasteiger partial charge is 0.422 e. The van der Waals surface area contributed by atoms with Crippen molar-refractivity contribution in [3.63, 3.8) is 0 Å². The van der Waals surface area contributed by atoms with Gasteiger partial charge in [-0.1, -0.05) is 17.7 Å². The summed E-state index contributed by atoms with van der Waals surface area (Å²) in [5.41, 5.74) is -1.05. The van der Waals surface area contributed by atoms with E-state index in [0.717, 1.165) is 24.3 Å². The monoisotopic (exact) mass is 466 g/mol. The van der Waals surface area contributed by atoms with Crippen molar-refractivity contribution in [3.8, 4) is 17.4 Å². The largest absolute Gasteiger partial charge is 0.454 e. The molecule has 0 saturated carbocycles. The molecule has 1 heterocycles. The third kappa shape index (κ3) is 6.17. The normalized spacial score (nSPS) is 12.0. The number of aromatic nitrogens is 3. The molecule has 3 rings (SSSR count). The lowest BCUT2D eigenvalue weighted by atomic mass is 10.2. The Labute approximate surface area is 174 Å². The fourth-order valence-electron chi connectivity index (χ4n) is 2.29. The van der Waals surface area contributed by atoms with Gasteiger partial charge in [0, 0.05) is 11.3 Å². The van der Waals surface area contributed by atoms with Crippen LogP contribution in [0.4, 0.5) is 42.4 Å². The van der Waals surface area contributed by atoms with Crippen LogP contribution < -0.4 is 10.1 Å². The first kappa shape index (κ1) is 22.5. The Morgan fingerprint density at radius 2 is 1.68 bits per heavy atom. The van der Waals surface area contributed by atoms with Crippen LogP contribution in [0.15, 0.2) is 42.5 Å². The third-order valence-corrected chi connectivity index (χ3v) is 3.91. The molecule has 3 aromatic rings. The Hall–Kier alpha value is -3.15. The SMILES string of the molecule is Fc1cc(-c2nc(Nc3cccc(C(F)(F)F)c3)nc(OCC(F)(F)F)n2)ccc1Cl. The Morgan fingerprint density at radius 3 is 2.32 bits per heavy atom. The summed E-state index contributed by atoms with van der Waals surface area (Å²) in [5.74, 6) is -1.56. The molecule has 2 aromatic carbocycles. The molecule has 0 amide bonds. The molecule has 0 aliphatic carbocycles. The second-order valence-electron chi connectivity index (χ2n) is 6.00. The number of hydrogen-bond acceptors (Lipinski definition) is 5. The number of alkyl halides is 6. The molecular weight excluding hydrogens is 457 g/mol. The first-order valence-electron chi connectivity index (χ1n) is 8.26. The highest BCUT2D eigenvalue weighted by Crippen LogP contribution is 2.31. The Kier molecular flexibility index (Phi) is 6.20. The van der Waals surface area contributed by atoms with Crippen molar-refractivity contribution in [3.05, 3.63) is 58.9 Å². The van der Waals surface area contributed by atoms with E-state index in [9.17, 15) is 30.7 Å². The van der Waals surface area contributed by atoms with E-state index in [1.54, 1.807) is 0 Å². The molecule has 0 bridgehead atoms. The van der Waals surface area contributed by atoms with Crippen LogP contribution in [0.2, 0.25) is 5.02 Å². The highest BCUT2D eigenvalue weighted by Gasteiger charge is 2.31. The maximum atomic E-state index is 13.8. The van der Waals surface area contributed by atoms with Gasteiger partial charge in [0.05, 0.1) is 10.6 Å². The van der Waals surface area contributed by atoms with E-state index in [-0.39, 0.29) is 22.1 Å². The summed E-state index contributed by atoms with van der Waals surface area (Å²) >= 11 is 5.61. The fraction of sp³-hybridized carbons (Fsp3) is 0.167. The van der Waals surface area contributed by atoms with Crippen LogP contribution in [0.25, 0.3) is 11.4 Å². The molecule has 1 N–H and O–H groups in total. The van der Waals surface area contributed by atoms with Crippen molar-refractivity contribution in [2.24, 2.45) is 0 Å². The average Bonchev–Trinajstić information content (AvgIpc) is 2.67. The van der Waals surface area contributed by atoms with Crippen molar-refractivity contribution in [1.29, 1.82) is 0 Å². The lowest BCUT2D eigenvalue weighted by Gasteiger charge is -2.12. The molecule has 13 heteroatoms. The van der Waals surface area contributed by atoms with Crippen molar-refractivity contribution in [2.75, 3.05) is 11.9 Å². The molecule has 0 spiro atoms. The van der Waals surface area contributed by atoms with Crippen LogP contribution in [0.1, 0.15) is 5.56 Å². The van der Waals surface area contributed by atoms with E-state index in [1.807, 2.05) is 0 Å². The van der Waals surface area contributed by atoms with Crippen LogP contribution in [-0.2, 0) is 6.18 Å². The zero-order valence-electron chi connectivity index (χ0n) is 15.0. The van der Waals surface area contributed by atoms with Gasteiger partial charge in [-0.05, 0) is 36.4 Å². The minimum Gasteiger partial charge on any atom is -0.454 e. The Morgan fingerprint density at radius 1 is 0.935 bits per heavy atom. The number of nitrogens with one attached hydrogen (secondary N) is 1. The summed E-state index contributed by atoms with van der Waals surface area (Å²) in [4.78, 5) is 11.3. The molecule has 1 aromatic heterocycles. The number of hydrogen-bond donors (Lipinski definition) is 1.